The standard InChI is InChI=1S/C16H25N5O2/c1-11(2)8-21-10-13(5-14(21)22)15(23)20(4)9-12-6-18-16(17-3)19-7-12/h6-7,11,13H,5,8-10H2,1-4H3,(H,17,18,19)/t13-/m1/s1. The maximum atomic E-state index is 12.5. The van der Waals surface area contributed by atoms with Crippen LogP contribution in [0.25, 0.3) is 0 Å². The van der Waals surface area contributed by atoms with E-state index >= 15 is 0 Å². The fraction of sp³-hybridized carbons (Fsp3) is 0.625. The van der Waals surface area contributed by atoms with Crippen molar-refractivity contribution in [3.8, 4) is 0 Å². The molecule has 23 heavy (non-hydrogen) atoms. The van der Waals surface area contributed by atoms with Gasteiger partial charge in [-0.1, -0.05) is 13.8 Å². The van der Waals surface area contributed by atoms with E-state index in [2.05, 4.69) is 29.1 Å². The second-order valence-electron chi connectivity index (χ2n) is 6.45. The summed E-state index contributed by atoms with van der Waals surface area (Å²) in [4.78, 5) is 36.3. The zero-order valence-electron chi connectivity index (χ0n) is 14.2. The highest BCUT2D eigenvalue weighted by molar-refractivity contribution is 5.89. The molecule has 2 rings (SSSR count). The van der Waals surface area contributed by atoms with E-state index in [4.69, 9.17) is 0 Å². The number of aromatic nitrogens is 2. The van der Waals surface area contributed by atoms with Crippen molar-refractivity contribution in [1.82, 2.24) is 19.8 Å². The number of amides is 2. The summed E-state index contributed by atoms with van der Waals surface area (Å²) in [7, 11) is 3.51. The van der Waals surface area contributed by atoms with Gasteiger partial charge in [0.15, 0.2) is 0 Å². The van der Waals surface area contributed by atoms with E-state index in [1.165, 1.54) is 0 Å². The Balaban J connectivity index is 1.93. The van der Waals surface area contributed by atoms with Gasteiger partial charge in [-0.05, 0) is 5.92 Å². The Morgan fingerprint density at radius 2 is 2.09 bits per heavy atom. The maximum absolute atomic E-state index is 12.5. The molecule has 0 radical (unpaired) electrons. The molecule has 7 nitrogen and oxygen atoms in total. The van der Waals surface area contributed by atoms with Crippen LogP contribution in [0.3, 0.4) is 0 Å². The number of hydrogen-bond donors (Lipinski definition) is 1. The molecule has 0 bridgehead atoms. The van der Waals surface area contributed by atoms with Crippen LogP contribution in [0, 0.1) is 11.8 Å². The highest BCUT2D eigenvalue weighted by Gasteiger charge is 2.35. The quantitative estimate of drug-likeness (QED) is 0.846. The highest BCUT2D eigenvalue weighted by Crippen LogP contribution is 2.21. The monoisotopic (exact) mass is 319 g/mol. The molecule has 1 aliphatic rings. The van der Waals surface area contributed by atoms with Gasteiger partial charge in [-0.2, -0.15) is 0 Å². The summed E-state index contributed by atoms with van der Waals surface area (Å²) in [6.07, 6.45) is 3.71. The molecule has 1 aromatic heterocycles. The minimum atomic E-state index is -0.247. The molecule has 0 unspecified atom stereocenters. The Morgan fingerprint density at radius 1 is 1.43 bits per heavy atom. The molecule has 7 heteroatoms. The molecule has 1 fully saturated rings. The van der Waals surface area contributed by atoms with E-state index < -0.39 is 0 Å². The van der Waals surface area contributed by atoms with Gasteiger partial charge in [-0.3, -0.25) is 9.59 Å². The predicted octanol–water partition coefficient (Wildman–Crippen LogP) is 0.981. The third-order valence-electron chi connectivity index (χ3n) is 3.87. The lowest BCUT2D eigenvalue weighted by Crippen LogP contribution is -2.35. The van der Waals surface area contributed by atoms with Gasteiger partial charge in [0.25, 0.3) is 0 Å². The summed E-state index contributed by atoms with van der Waals surface area (Å²) in [5.74, 6) is 0.792. The third-order valence-corrected chi connectivity index (χ3v) is 3.87. The number of nitrogens with zero attached hydrogens (tertiary/aromatic N) is 4. The lowest BCUT2D eigenvalue weighted by molar-refractivity contribution is -0.135. The maximum Gasteiger partial charge on any atom is 0.228 e. The van der Waals surface area contributed by atoms with Crippen molar-refractivity contribution in [1.29, 1.82) is 0 Å². The molecule has 0 aromatic carbocycles. The van der Waals surface area contributed by atoms with Crippen molar-refractivity contribution in [2.24, 2.45) is 11.8 Å². The second-order valence-corrected chi connectivity index (χ2v) is 6.45. The smallest absolute Gasteiger partial charge is 0.228 e. The number of rotatable bonds is 6. The van der Waals surface area contributed by atoms with E-state index in [0.717, 1.165) is 5.56 Å². The molecule has 1 atom stereocenters. The minimum absolute atomic E-state index is 0.00213. The first-order chi connectivity index (χ1) is 10.9. The number of carbonyl (C=O) groups is 2. The van der Waals surface area contributed by atoms with Gasteiger partial charge in [0.2, 0.25) is 17.8 Å². The molecule has 1 aromatic rings. The summed E-state index contributed by atoms with van der Waals surface area (Å²) in [6.45, 7) is 5.82. The molecule has 2 heterocycles. The average molecular weight is 319 g/mol. The Hall–Kier alpha value is -2.18. The molecule has 0 aliphatic carbocycles. The van der Waals surface area contributed by atoms with Crippen molar-refractivity contribution >= 4 is 17.8 Å². The van der Waals surface area contributed by atoms with Gasteiger partial charge >= 0.3 is 0 Å². The van der Waals surface area contributed by atoms with Gasteiger partial charge in [0, 0.05) is 58.1 Å². The van der Waals surface area contributed by atoms with Crippen molar-refractivity contribution in [2.75, 3.05) is 32.5 Å². The topological polar surface area (TPSA) is 78.4 Å². The van der Waals surface area contributed by atoms with E-state index in [1.807, 2.05) is 0 Å². The zero-order valence-corrected chi connectivity index (χ0v) is 14.2. The second kappa shape index (κ2) is 7.39. The molecule has 0 saturated carbocycles. The van der Waals surface area contributed by atoms with Crippen LogP contribution in [0.5, 0.6) is 0 Å². The lowest BCUT2D eigenvalue weighted by atomic mass is 10.1. The summed E-state index contributed by atoms with van der Waals surface area (Å²) in [6, 6.07) is 0. The van der Waals surface area contributed by atoms with Crippen LogP contribution in [0.1, 0.15) is 25.8 Å². The number of hydrogen-bond acceptors (Lipinski definition) is 5. The van der Waals surface area contributed by atoms with E-state index in [1.54, 1.807) is 36.3 Å². The molecule has 1 aliphatic heterocycles. The van der Waals surface area contributed by atoms with Crippen molar-refractivity contribution in [2.45, 2.75) is 26.8 Å². The van der Waals surface area contributed by atoms with Crippen LogP contribution in [0.2, 0.25) is 0 Å². The molecular formula is C16H25N5O2. The van der Waals surface area contributed by atoms with Crippen LogP contribution in [-0.2, 0) is 16.1 Å². The molecule has 1 saturated heterocycles. The van der Waals surface area contributed by atoms with E-state index in [0.29, 0.717) is 37.9 Å². The Morgan fingerprint density at radius 3 is 2.65 bits per heavy atom. The summed E-state index contributed by atoms with van der Waals surface area (Å²) in [5.41, 5.74) is 0.864. The third kappa shape index (κ3) is 4.40. The first kappa shape index (κ1) is 17.2. The van der Waals surface area contributed by atoms with Crippen molar-refractivity contribution < 1.29 is 9.59 Å². The van der Waals surface area contributed by atoms with Crippen LogP contribution in [0.4, 0.5) is 5.95 Å². The fourth-order valence-corrected chi connectivity index (χ4v) is 2.78. The number of carbonyl (C=O) groups excluding carboxylic acids is 2. The number of nitrogens with one attached hydrogen (secondary N) is 1. The Kier molecular flexibility index (Phi) is 5.52. The minimum Gasteiger partial charge on any atom is -0.357 e. The van der Waals surface area contributed by atoms with Gasteiger partial charge in [0.1, 0.15) is 0 Å². The summed E-state index contributed by atoms with van der Waals surface area (Å²) >= 11 is 0. The fourth-order valence-electron chi connectivity index (χ4n) is 2.78. The molecule has 0 spiro atoms. The van der Waals surface area contributed by atoms with Crippen molar-refractivity contribution in [3.05, 3.63) is 18.0 Å². The normalized spacial score (nSPS) is 17.7. The van der Waals surface area contributed by atoms with E-state index in [-0.39, 0.29) is 17.7 Å². The first-order valence-electron chi connectivity index (χ1n) is 7.92. The number of anilines is 1. The predicted molar refractivity (Wildman–Crippen MR) is 87.6 cm³/mol. The lowest BCUT2D eigenvalue weighted by Gasteiger charge is -2.22. The largest absolute Gasteiger partial charge is 0.357 e. The Bertz CT molecular complexity index is 558. The molecule has 126 valence electrons. The van der Waals surface area contributed by atoms with Crippen molar-refractivity contribution in [3.63, 3.8) is 0 Å². The van der Waals surface area contributed by atoms with Gasteiger partial charge in [0.05, 0.1) is 5.92 Å². The molecule has 1 N–H and O–H groups in total. The van der Waals surface area contributed by atoms with Crippen LogP contribution in [-0.4, -0.2) is 58.8 Å². The van der Waals surface area contributed by atoms with Gasteiger partial charge in [-0.15, -0.1) is 0 Å². The zero-order chi connectivity index (χ0) is 17.0. The van der Waals surface area contributed by atoms with E-state index in [9.17, 15) is 9.59 Å². The summed E-state index contributed by atoms with van der Waals surface area (Å²) < 4.78 is 0. The number of likely N-dealkylation sites (tertiary alicyclic amines) is 1. The first-order valence-corrected chi connectivity index (χ1v) is 7.92. The van der Waals surface area contributed by atoms with Crippen LogP contribution >= 0.6 is 0 Å². The summed E-state index contributed by atoms with van der Waals surface area (Å²) in [5, 5.41) is 2.85. The molecular weight excluding hydrogens is 294 g/mol. The van der Waals surface area contributed by atoms with Gasteiger partial charge < -0.3 is 15.1 Å². The van der Waals surface area contributed by atoms with Gasteiger partial charge in [-0.25, -0.2) is 9.97 Å². The van der Waals surface area contributed by atoms with Crippen LogP contribution < -0.4 is 5.32 Å². The van der Waals surface area contributed by atoms with Crippen LogP contribution in [0.15, 0.2) is 12.4 Å². The molecule has 2 amide bonds. The Labute approximate surface area is 137 Å². The SMILES string of the molecule is CNc1ncc(CN(C)C(=O)[C@@H]2CC(=O)N(CC(C)C)C2)cn1. The average Bonchev–Trinajstić information content (AvgIpc) is 2.87. The highest BCUT2D eigenvalue weighted by atomic mass is 16.2.